The van der Waals surface area contributed by atoms with E-state index in [2.05, 4.69) is 73.0 Å². The lowest BCUT2D eigenvalue weighted by Crippen LogP contribution is -2.45. The summed E-state index contributed by atoms with van der Waals surface area (Å²) in [6.07, 6.45) is 3.05. The predicted octanol–water partition coefficient (Wildman–Crippen LogP) is 2.41. The Morgan fingerprint density at radius 3 is 2.41 bits per heavy atom. The minimum absolute atomic E-state index is 0.0579. The molecular weight excluding hydrogens is 428 g/mol. The molecule has 178 valence electrons. The van der Waals surface area contributed by atoms with Gasteiger partial charge in [0.25, 0.3) is 0 Å². The Hall–Kier alpha value is -3.07. The molecule has 3 aromatic rings. The van der Waals surface area contributed by atoms with Crippen LogP contribution in [0.2, 0.25) is 0 Å². The van der Waals surface area contributed by atoms with Gasteiger partial charge in [-0.25, -0.2) is 4.98 Å². The minimum Gasteiger partial charge on any atom is -0.378 e. The number of morpholine rings is 1. The zero-order chi connectivity index (χ0) is 23.1. The Morgan fingerprint density at radius 2 is 1.65 bits per heavy atom. The van der Waals surface area contributed by atoms with Crippen LogP contribution in [0.15, 0.2) is 60.6 Å². The highest BCUT2D eigenvalue weighted by Crippen LogP contribution is 2.42. The number of aromatic amines is 1. The summed E-state index contributed by atoms with van der Waals surface area (Å²) in [6, 6.07) is 15.0. The van der Waals surface area contributed by atoms with Crippen LogP contribution in [0, 0.1) is 0 Å². The smallest absolute Gasteiger partial charge is 0.149 e. The standard InChI is InChI=1S/C26H32N6O2/c1-29-8-10-31(11-9-29)24-17-25(33)32(21-6-7-22-23(16-21)28-18-27-22)26(24)19-2-4-20(5-3-19)30-12-14-34-15-13-30/h2-7,16-18,25-26,33H,8-15H2,1H3,(H,27,28). The van der Waals surface area contributed by atoms with Crippen molar-refractivity contribution in [3.8, 4) is 0 Å². The maximum atomic E-state index is 11.3. The third-order valence-corrected chi connectivity index (χ3v) is 7.32. The van der Waals surface area contributed by atoms with Crippen LogP contribution in [0.5, 0.6) is 0 Å². The lowest BCUT2D eigenvalue weighted by molar-refractivity contribution is 0.122. The molecule has 0 aliphatic carbocycles. The van der Waals surface area contributed by atoms with Gasteiger partial charge < -0.3 is 34.4 Å². The summed E-state index contributed by atoms with van der Waals surface area (Å²) in [5.74, 6) is 0. The van der Waals surface area contributed by atoms with E-state index in [1.54, 1.807) is 6.33 Å². The second-order valence-electron chi connectivity index (χ2n) is 9.40. The first-order valence-electron chi connectivity index (χ1n) is 12.1. The molecule has 2 unspecified atom stereocenters. The van der Waals surface area contributed by atoms with Crippen LogP contribution in [-0.4, -0.2) is 90.6 Å². The van der Waals surface area contributed by atoms with Gasteiger partial charge in [-0.1, -0.05) is 12.1 Å². The van der Waals surface area contributed by atoms with E-state index in [0.717, 1.165) is 69.2 Å². The summed E-state index contributed by atoms with van der Waals surface area (Å²) in [7, 11) is 2.17. The molecule has 0 radical (unpaired) electrons. The zero-order valence-electron chi connectivity index (χ0n) is 19.6. The van der Waals surface area contributed by atoms with E-state index in [0.29, 0.717) is 0 Å². The molecule has 2 aromatic carbocycles. The van der Waals surface area contributed by atoms with Crippen LogP contribution >= 0.6 is 0 Å². The number of anilines is 2. The molecule has 1 aromatic heterocycles. The number of likely N-dealkylation sites (N-methyl/N-ethyl adjacent to an activating group) is 1. The largest absolute Gasteiger partial charge is 0.378 e. The number of imidazole rings is 1. The number of benzene rings is 2. The number of H-pyrrole nitrogens is 1. The molecule has 3 aliphatic rings. The Balaban J connectivity index is 1.36. The van der Waals surface area contributed by atoms with Gasteiger partial charge in [-0.3, -0.25) is 0 Å². The van der Waals surface area contributed by atoms with Crippen molar-refractivity contribution in [1.82, 2.24) is 19.8 Å². The van der Waals surface area contributed by atoms with E-state index in [1.807, 2.05) is 12.1 Å². The van der Waals surface area contributed by atoms with Gasteiger partial charge in [0.1, 0.15) is 6.23 Å². The highest BCUT2D eigenvalue weighted by atomic mass is 16.5. The predicted molar refractivity (Wildman–Crippen MR) is 134 cm³/mol. The summed E-state index contributed by atoms with van der Waals surface area (Å²) < 4.78 is 5.51. The average Bonchev–Trinajstić information content (AvgIpc) is 3.49. The molecule has 6 rings (SSSR count). The van der Waals surface area contributed by atoms with Gasteiger partial charge in [0, 0.05) is 56.3 Å². The summed E-state index contributed by atoms with van der Waals surface area (Å²) in [6.45, 7) is 7.37. The number of ether oxygens (including phenoxy) is 1. The van der Waals surface area contributed by atoms with Gasteiger partial charge >= 0.3 is 0 Å². The maximum Gasteiger partial charge on any atom is 0.149 e. The summed E-state index contributed by atoms with van der Waals surface area (Å²) in [5, 5.41) is 11.3. The molecule has 2 fully saturated rings. The number of hydrogen-bond donors (Lipinski definition) is 2. The Labute approximate surface area is 200 Å². The molecule has 0 spiro atoms. The van der Waals surface area contributed by atoms with E-state index in [1.165, 1.54) is 16.9 Å². The number of hydrogen-bond acceptors (Lipinski definition) is 7. The van der Waals surface area contributed by atoms with Gasteiger partial charge in [0.2, 0.25) is 0 Å². The van der Waals surface area contributed by atoms with Crippen LogP contribution in [0.3, 0.4) is 0 Å². The Morgan fingerprint density at radius 1 is 0.912 bits per heavy atom. The Bertz CT molecular complexity index is 1160. The molecule has 0 bridgehead atoms. The highest BCUT2D eigenvalue weighted by molar-refractivity contribution is 5.79. The van der Waals surface area contributed by atoms with Crippen LogP contribution in [-0.2, 0) is 4.74 Å². The fourth-order valence-corrected chi connectivity index (χ4v) is 5.37. The van der Waals surface area contributed by atoms with E-state index in [-0.39, 0.29) is 6.04 Å². The summed E-state index contributed by atoms with van der Waals surface area (Å²) in [5.41, 5.74) is 6.47. The number of aliphatic hydroxyl groups excluding tert-OH is 1. The first-order valence-corrected chi connectivity index (χ1v) is 12.1. The van der Waals surface area contributed by atoms with Crippen molar-refractivity contribution >= 4 is 22.4 Å². The zero-order valence-corrected chi connectivity index (χ0v) is 19.6. The van der Waals surface area contributed by atoms with Gasteiger partial charge in [-0.05, 0) is 49.0 Å². The van der Waals surface area contributed by atoms with Crippen molar-refractivity contribution in [2.45, 2.75) is 12.3 Å². The van der Waals surface area contributed by atoms with Gasteiger partial charge in [0.15, 0.2) is 0 Å². The summed E-state index contributed by atoms with van der Waals surface area (Å²) in [4.78, 5) is 16.9. The number of aromatic nitrogens is 2. The molecule has 8 nitrogen and oxygen atoms in total. The molecule has 2 atom stereocenters. The van der Waals surface area contributed by atoms with Crippen LogP contribution < -0.4 is 9.80 Å². The second-order valence-corrected chi connectivity index (χ2v) is 9.40. The topological polar surface area (TPSA) is 71.1 Å². The van der Waals surface area contributed by atoms with Crippen molar-refractivity contribution in [1.29, 1.82) is 0 Å². The molecule has 34 heavy (non-hydrogen) atoms. The molecule has 4 heterocycles. The third-order valence-electron chi connectivity index (χ3n) is 7.32. The van der Waals surface area contributed by atoms with Gasteiger partial charge in [-0.2, -0.15) is 0 Å². The molecule has 3 aliphatic heterocycles. The van der Waals surface area contributed by atoms with Crippen LogP contribution in [0.25, 0.3) is 11.0 Å². The third kappa shape index (κ3) is 3.91. The van der Waals surface area contributed by atoms with Gasteiger partial charge in [-0.15, -0.1) is 0 Å². The minimum atomic E-state index is -0.695. The average molecular weight is 461 g/mol. The van der Waals surface area contributed by atoms with Crippen LogP contribution in [0.1, 0.15) is 11.6 Å². The van der Waals surface area contributed by atoms with Crippen molar-refractivity contribution in [2.75, 3.05) is 69.3 Å². The summed E-state index contributed by atoms with van der Waals surface area (Å²) >= 11 is 0. The molecule has 2 N–H and O–H groups in total. The lowest BCUT2D eigenvalue weighted by Gasteiger charge is -2.39. The number of nitrogens with one attached hydrogen (secondary N) is 1. The maximum absolute atomic E-state index is 11.3. The fourth-order valence-electron chi connectivity index (χ4n) is 5.37. The van der Waals surface area contributed by atoms with E-state index >= 15 is 0 Å². The normalized spacial score (nSPS) is 24.2. The number of fused-ring (bicyclic) bond motifs is 1. The highest BCUT2D eigenvalue weighted by Gasteiger charge is 2.38. The lowest BCUT2D eigenvalue weighted by atomic mass is 10.0. The van der Waals surface area contributed by atoms with E-state index in [9.17, 15) is 5.11 Å². The molecule has 0 saturated carbocycles. The molecule has 8 heteroatoms. The SMILES string of the molecule is CN1CCN(C2=CC(O)N(c3ccc4nc[nH]c4c3)C2c2ccc(N3CCOCC3)cc2)CC1. The van der Waals surface area contributed by atoms with Crippen molar-refractivity contribution in [2.24, 2.45) is 0 Å². The molecular formula is C26H32N6O2. The van der Waals surface area contributed by atoms with Crippen LogP contribution in [0.4, 0.5) is 11.4 Å². The number of rotatable bonds is 4. The van der Waals surface area contributed by atoms with Gasteiger partial charge in [0.05, 0.1) is 36.6 Å². The quantitative estimate of drug-likeness (QED) is 0.620. The van der Waals surface area contributed by atoms with E-state index in [4.69, 9.17) is 4.74 Å². The molecule has 0 amide bonds. The second kappa shape index (κ2) is 8.94. The number of piperazine rings is 1. The first kappa shape index (κ1) is 21.5. The number of aliphatic hydroxyl groups is 1. The van der Waals surface area contributed by atoms with Crippen molar-refractivity contribution in [3.63, 3.8) is 0 Å². The van der Waals surface area contributed by atoms with Crippen molar-refractivity contribution in [3.05, 3.63) is 66.1 Å². The van der Waals surface area contributed by atoms with Crippen molar-refractivity contribution < 1.29 is 9.84 Å². The van der Waals surface area contributed by atoms with E-state index < -0.39 is 6.23 Å². The number of nitrogens with zero attached hydrogens (tertiary/aromatic N) is 5. The monoisotopic (exact) mass is 460 g/mol. The first-order chi connectivity index (χ1) is 16.7. The molecule has 2 saturated heterocycles. The Kier molecular flexibility index (Phi) is 5.64. The fraction of sp³-hybridized carbons (Fsp3) is 0.423.